The van der Waals surface area contributed by atoms with Gasteiger partial charge in [0.15, 0.2) is 0 Å². The van der Waals surface area contributed by atoms with E-state index in [1.54, 1.807) is 0 Å². The van der Waals surface area contributed by atoms with Crippen LogP contribution in [0, 0.1) is 91.9 Å². The third-order valence-corrected chi connectivity index (χ3v) is 9.06. The van der Waals surface area contributed by atoms with Crippen molar-refractivity contribution in [1.82, 2.24) is 0 Å². The van der Waals surface area contributed by atoms with Gasteiger partial charge in [-0.2, -0.15) is 60.6 Å². The van der Waals surface area contributed by atoms with Crippen molar-refractivity contribution in [3.05, 3.63) is 162 Å². The van der Waals surface area contributed by atoms with E-state index in [9.17, 15) is 65.0 Å². The van der Waals surface area contributed by atoms with Gasteiger partial charge in [-0.05, 0) is 77.7 Å². The summed E-state index contributed by atoms with van der Waals surface area (Å²) in [5, 5.41) is 41.7. The number of alkyl halides is 10. The van der Waals surface area contributed by atoms with Gasteiger partial charge in [0.2, 0.25) is 0 Å². The molecule has 4 aromatic rings. The van der Waals surface area contributed by atoms with Gasteiger partial charge in [-0.1, -0.05) is 0 Å². The Morgan fingerprint density at radius 1 is 0.381 bits per heavy atom. The highest BCUT2D eigenvalue weighted by Crippen LogP contribution is 2.57. The van der Waals surface area contributed by atoms with Gasteiger partial charge in [0.1, 0.15) is 93.7 Å². The molecule has 0 aliphatic heterocycles. The zero-order chi connectivity index (χ0) is 47.4. The van der Waals surface area contributed by atoms with Crippen molar-refractivity contribution in [2.24, 2.45) is 0 Å². The van der Waals surface area contributed by atoms with E-state index in [2.05, 4.69) is 0 Å². The van der Waals surface area contributed by atoms with Crippen LogP contribution in [0.3, 0.4) is 0 Å². The number of allylic oxidation sites excluding steroid dienone is 8. The van der Waals surface area contributed by atoms with Crippen molar-refractivity contribution >= 4 is 22.3 Å². The van der Waals surface area contributed by atoms with E-state index >= 15 is 35.1 Å². The van der Waals surface area contributed by atoms with Gasteiger partial charge in [-0.15, -0.1) is 0 Å². The number of nitriles is 4. The molecule has 63 heavy (non-hydrogen) atoms. The molecule has 22 heteroatoms. The highest BCUT2D eigenvalue weighted by Gasteiger charge is 2.45. The van der Waals surface area contributed by atoms with Crippen LogP contribution < -0.4 is 0 Å². The van der Waals surface area contributed by atoms with Gasteiger partial charge in [0, 0.05) is 22.3 Å². The number of rotatable bonds is 5. The lowest BCUT2D eigenvalue weighted by Gasteiger charge is -2.35. The Hall–Kier alpha value is -7.46. The minimum absolute atomic E-state index is 0.174. The normalized spacial score (nSPS) is 16.8. The zero-order valence-corrected chi connectivity index (χ0v) is 30.3. The highest BCUT2D eigenvalue weighted by atomic mass is 19.4. The topological polar surface area (TPSA) is 95.2 Å². The monoisotopic (exact) mass is 902 g/mol. The van der Waals surface area contributed by atoms with Crippen LogP contribution in [0.5, 0.6) is 0 Å². The number of halogens is 18. The second-order valence-corrected chi connectivity index (χ2v) is 12.9. The van der Waals surface area contributed by atoms with E-state index in [1.165, 1.54) is 24.3 Å². The van der Waals surface area contributed by atoms with Gasteiger partial charge >= 0.3 is 18.5 Å². The average Bonchev–Trinajstić information content (AvgIpc) is 3.11. The predicted molar refractivity (Wildman–Crippen MR) is 180 cm³/mol. The molecule has 4 nitrogen and oxygen atoms in total. The van der Waals surface area contributed by atoms with Crippen molar-refractivity contribution in [1.29, 1.82) is 21.0 Å². The molecule has 0 N–H and O–H groups in total. The molecule has 1 fully saturated rings. The number of nitrogens with zero attached hydrogens (tertiary/aromatic N) is 4. The summed E-state index contributed by atoms with van der Waals surface area (Å²) in [5.41, 5.74) is -24.4. The highest BCUT2D eigenvalue weighted by molar-refractivity contribution is 6.12. The summed E-state index contributed by atoms with van der Waals surface area (Å²) in [6, 6.07) is 4.41. The summed E-state index contributed by atoms with van der Waals surface area (Å²) in [6.45, 7) is 0.648. The minimum atomic E-state index is -5.77. The van der Waals surface area contributed by atoms with Gasteiger partial charge in [0.25, 0.3) is 0 Å². The van der Waals surface area contributed by atoms with Gasteiger partial charge in [-0.3, -0.25) is 0 Å². The average molecular weight is 903 g/mol. The number of hydrogen-bond acceptors (Lipinski definition) is 4. The molecule has 1 aliphatic rings. The molecule has 322 valence electrons. The van der Waals surface area contributed by atoms with Crippen LogP contribution >= 0.6 is 0 Å². The van der Waals surface area contributed by atoms with E-state index in [4.69, 9.17) is 0 Å². The molecular formula is C41H12F18N4. The molecule has 1 aliphatic carbocycles. The summed E-state index contributed by atoms with van der Waals surface area (Å²) < 4.78 is 257. The summed E-state index contributed by atoms with van der Waals surface area (Å²) in [7, 11) is 0. The van der Waals surface area contributed by atoms with Crippen molar-refractivity contribution in [2.75, 3.05) is 0 Å². The lowest BCUT2D eigenvalue weighted by atomic mass is 9.64. The van der Waals surface area contributed by atoms with Crippen molar-refractivity contribution in [3.8, 4) is 24.3 Å². The molecule has 1 unspecified atom stereocenters. The second kappa shape index (κ2) is 16.4. The van der Waals surface area contributed by atoms with Gasteiger partial charge in [-0.25, -0.2) is 39.5 Å². The number of hydrogen-bond donors (Lipinski definition) is 0. The Morgan fingerprint density at radius 3 is 0.698 bits per heavy atom. The molecule has 0 saturated heterocycles. The molecule has 1 saturated carbocycles. The first-order chi connectivity index (χ1) is 29.1. The fourth-order valence-electron chi connectivity index (χ4n) is 6.57. The van der Waals surface area contributed by atoms with Crippen LogP contribution in [0.15, 0.2) is 70.8 Å². The Morgan fingerprint density at radius 2 is 0.556 bits per heavy atom. The number of benzene rings is 4. The summed E-state index contributed by atoms with van der Waals surface area (Å²) in [5.74, 6) is -18.3. The maximum Gasteiger partial charge on any atom is 0.422 e. The first-order valence-electron chi connectivity index (χ1n) is 16.6. The Kier molecular flexibility index (Phi) is 12.2. The van der Waals surface area contributed by atoms with E-state index in [1.807, 2.05) is 0 Å². The Balaban J connectivity index is 2.16. The largest absolute Gasteiger partial charge is 0.422 e. The first-order valence-corrected chi connectivity index (χ1v) is 16.6. The SMILES string of the molecule is CC(F)c1c(F)cc(C(C#N)=C2/C(=C(/C#N)c3cc(F)c(C(F)(F)F)c(F)c3)C(=C(C#N)c3cc(F)c(C(F)(F)F)c(F)c3)/C2=C(/C#N)c2cc(F)c(C(F)(F)F)c(F)c2)cc1F. The maximum absolute atomic E-state index is 15.2. The lowest BCUT2D eigenvalue weighted by Crippen LogP contribution is -2.22. The fourth-order valence-corrected chi connectivity index (χ4v) is 6.57. The van der Waals surface area contributed by atoms with Crippen LogP contribution in [0.2, 0.25) is 0 Å². The van der Waals surface area contributed by atoms with Crippen molar-refractivity contribution < 1.29 is 79.0 Å². The standard InChI is InChI=1S/C41H12F18N4/c1-14(42)31-23(43)2-15(3-24(31)44)19(10-60)32-33(20(11-61)16-4-25(45)36(26(46)5-16)39(51,52)53)35(22(13-63)18-8-29(49)38(30(50)9-18)41(57,58)59)34(32)21(12-62)17-6-27(47)37(28(48)7-17)40(54,55)56/h2-9,14H,1H3/b32-19?,33-20-,34-21+,35-22?. The maximum atomic E-state index is 15.2. The third-order valence-electron chi connectivity index (χ3n) is 9.06. The van der Waals surface area contributed by atoms with Crippen LogP contribution in [0.4, 0.5) is 79.0 Å². The molecule has 0 bridgehead atoms. The van der Waals surface area contributed by atoms with Gasteiger partial charge in [0.05, 0.1) is 27.9 Å². The summed E-state index contributed by atoms with van der Waals surface area (Å²) in [4.78, 5) is 0. The first kappa shape index (κ1) is 46.6. The van der Waals surface area contributed by atoms with Crippen LogP contribution in [0.25, 0.3) is 22.3 Å². The van der Waals surface area contributed by atoms with Gasteiger partial charge < -0.3 is 0 Å². The van der Waals surface area contributed by atoms with Crippen molar-refractivity contribution in [3.63, 3.8) is 0 Å². The Bertz CT molecular complexity index is 2750. The quantitative estimate of drug-likeness (QED) is 0.147. The zero-order valence-electron chi connectivity index (χ0n) is 30.3. The van der Waals surface area contributed by atoms with E-state index in [-0.39, 0.29) is 48.5 Å². The van der Waals surface area contributed by atoms with Crippen LogP contribution in [-0.2, 0) is 18.5 Å². The molecule has 0 amide bonds. The molecule has 4 aromatic carbocycles. The summed E-state index contributed by atoms with van der Waals surface area (Å²) in [6.07, 6.45) is -19.7. The molecule has 5 rings (SSSR count). The van der Waals surface area contributed by atoms with Crippen molar-refractivity contribution in [2.45, 2.75) is 31.6 Å². The van der Waals surface area contributed by atoms with E-state index < -0.39 is 160 Å². The Labute approximate surface area is 340 Å². The fraction of sp³-hybridized carbons (Fsp3) is 0.122. The molecule has 0 heterocycles. The second-order valence-electron chi connectivity index (χ2n) is 12.9. The molecule has 0 radical (unpaired) electrons. The lowest BCUT2D eigenvalue weighted by molar-refractivity contribution is -0.143. The third kappa shape index (κ3) is 8.32. The summed E-state index contributed by atoms with van der Waals surface area (Å²) >= 11 is 0. The van der Waals surface area contributed by atoms with E-state index in [0.717, 1.165) is 0 Å². The minimum Gasteiger partial charge on any atom is -0.242 e. The smallest absolute Gasteiger partial charge is 0.242 e. The van der Waals surface area contributed by atoms with Crippen LogP contribution in [-0.4, -0.2) is 0 Å². The molecule has 0 aromatic heterocycles. The predicted octanol–water partition coefficient (Wildman–Crippen LogP) is 13.1. The van der Waals surface area contributed by atoms with E-state index in [0.29, 0.717) is 6.92 Å². The molecule has 0 spiro atoms. The molecule has 1 atom stereocenters. The van der Waals surface area contributed by atoms with Crippen LogP contribution in [0.1, 0.15) is 57.6 Å². The molecular weight excluding hydrogens is 890 g/mol.